The third kappa shape index (κ3) is 4.99. The summed E-state index contributed by atoms with van der Waals surface area (Å²) in [4.78, 5) is 35.3. The van der Waals surface area contributed by atoms with Crippen molar-refractivity contribution < 1.29 is 9.53 Å². The molecule has 1 saturated heterocycles. The number of H-pyrrole nitrogens is 1. The van der Waals surface area contributed by atoms with Crippen molar-refractivity contribution >= 4 is 33.1 Å². The van der Waals surface area contributed by atoms with Crippen molar-refractivity contribution in [2.24, 2.45) is 0 Å². The summed E-state index contributed by atoms with van der Waals surface area (Å²) in [6.07, 6.45) is 2.08. The van der Waals surface area contributed by atoms with Crippen LogP contribution in [0.15, 0.2) is 53.3 Å². The summed E-state index contributed by atoms with van der Waals surface area (Å²) < 4.78 is 5.59. The minimum Gasteiger partial charge on any atom is -0.377 e. The third-order valence-corrected chi connectivity index (χ3v) is 7.26. The molecule has 7 nitrogen and oxygen atoms in total. The minimum absolute atomic E-state index is 0.0825. The quantitative estimate of drug-likeness (QED) is 0.348. The van der Waals surface area contributed by atoms with Gasteiger partial charge in [-0.05, 0) is 44.4 Å². The molecule has 4 aromatic rings. The van der Waals surface area contributed by atoms with E-state index in [0.29, 0.717) is 33.8 Å². The normalized spacial score (nSPS) is 15.4. The first-order chi connectivity index (χ1) is 17.0. The first-order valence-electron chi connectivity index (χ1n) is 11.8. The lowest BCUT2D eigenvalue weighted by Gasteiger charge is -2.14. The number of thiophene rings is 1. The van der Waals surface area contributed by atoms with Crippen LogP contribution in [0.1, 0.15) is 39.5 Å². The number of aromatic nitrogens is 2. The van der Waals surface area contributed by atoms with Gasteiger partial charge in [0.25, 0.3) is 11.5 Å². The lowest BCUT2D eigenvalue weighted by molar-refractivity contribution is 0.0858. The van der Waals surface area contributed by atoms with Gasteiger partial charge in [0.15, 0.2) is 0 Å². The van der Waals surface area contributed by atoms with Gasteiger partial charge in [0, 0.05) is 29.3 Å². The van der Waals surface area contributed by atoms with Crippen molar-refractivity contribution in [3.8, 4) is 11.1 Å². The van der Waals surface area contributed by atoms with E-state index in [9.17, 15) is 9.59 Å². The van der Waals surface area contributed by atoms with E-state index in [2.05, 4.69) is 15.6 Å². The van der Waals surface area contributed by atoms with Gasteiger partial charge in [0.1, 0.15) is 10.7 Å². The van der Waals surface area contributed by atoms with Gasteiger partial charge in [-0.3, -0.25) is 9.59 Å². The van der Waals surface area contributed by atoms with Gasteiger partial charge >= 0.3 is 0 Å². The smallest absolute Gasteiger partial charge is 0.260 e. The van der Waals surface area contributed by atoms with Crippen molar-refractivity contribution in [3.05, 3.63) is 80.7 Å². The Balaban J connectivity index is 1.35. The number of nitrogens with one attached hydrogen (secondary N) is 3. The van der Waals surface area contributed by atoms with Gasteiger partial charge < -0.3 is 20.4 Å². The first kappa shape index (κ1) is 23.3. The number of rotatable bonds is 7. The van der Waals surface area contributed by atoms with Crippen molar-refractivity contribution in [1.82, 2.24) is 15.3 Å². The Bertz CT molecular complexity index is 1420. The van der Waals surface area contributed by atoms with Crippen LogP contribution in [0.2, 0.25) is 0 Å². The molecule has 180 valence electrons. The second-order valence-corrected chi connectivity index (χ2v) is 10.0. The van der Waals surface area contributed by atoms with Crippen LogP contribution in [0, 0.1) is 13.8 Å². The summed E-state index contributed by atoms with van der Waals surface area (Å²) in [6, 6.07) is 15.5. The van der Waals surface area contributed by atoms with Crippen LogP contribution in [-0.2, 0) is 11.3 Å². The van der Waals surface area contributed by atoms with Gasteiger partial charge in [-0.2, -0.15) is 0 Å². The van der Waals surface area contributed by atoms with Crippen LogP contribution in [0.5, 0.6) is 0 Å². The number of para-hydroxylation sites is 1. The fraction of sp³-hybridized carbons (Fsp3) is 0.296. The number of anilines is 1. The maximum atomic E-state index is 13.1. The maximum absolute atomic E-state index is 13.1. The number of benzene rings is 2. The van der Waals surface area contributed by atoms with E-state index in [1.807, 2.05) is 56.3 Å². The highest BCUT2D eigenvalue weighted by atomic mass is 32.1. The lowest BCUT2D eigenvalue weighted by atomic mass is 10.0. The average molecular weight is 489 g/mol. The second kappa shape index (κ2) is 10.0. The van der Waals surface area contributed by atoms with Gasteiger partial charge in [-0.15, -0.1) is 11.3 Å². The molecular weight excluding hydrogens is 460 g/mol. The lowest BCUT2D eigenvalue weighted by Crippen LogP contribution is -2.32. The molecule has 2 aromatic heterocycles. The van der Waals surface area contributed by atoms with E-state index < -0.39 is 0 Å². The van der Waals surface area contributed by atoms with Crippen LogP contribution in [0.4, 0.5) is 5.69 Å². The summed E-state index contributed by atoms with van der Waals surface area (Å²) >= 11 is 1.52. The Morgan fingerprint density at radius 2 is 1.97 bits per heavy atom. The zero-order valence-electron chi connectivity index (χ0n) is 19.8. The molecule has 1 amide bonds. The largest absolute Gasteiger partial charge is 0.377 e. The number of amides is 1. The number of nitrogens with zero attached hydrogens (tertiary/aromatic N) is 1. The fourth-order valence-corrected chi connectivity index (χ4v) is 5.50. The number of carbonyl (C=O) groups is 1. The zero-order chi connectivity index (χ0) is 24.4. The molecule has 0 radical (unpaired) electrons. The molecule has 5 rings (SSSR count). The van der Waals surface area contributed by atoms with E-state index >= 15 is 0 Å². The molecule has 0 bridgehead atoms. The van der Waals surface area contributed by atoms with Crippen LogP contribution in [-0.4, -0.2) is 35.1 Å². The van der Waals surface area contributed by atoms with E-state index in [0.717, 1.165) is 35.5 Å². The highest BCUT2D eigenvalue weighted by Gasteiger charge is 2.19. The average Bonchev–Trinajstić information content (AvgIpc) is 3.49. The number of hydrogen-bond acceptors (Lipinski definition) is 6. The molecular formula is C27H28N4O3S. The predicted molar refractivity (Wildman–Crippen MR) is 140 cm³/mol. The van der Waals surface area contributed by atoms with Crippen LogP contribution < -0.4 is 16.2 Å². The number of hydrogen-bond donors (Lipinski definition) is 3. The SMILES string of the molecule is Cc1ccc(-c2c(C)sc3nc(CNc4ccccc4C(=O)NC[C@H]4CCCO4)[nH]c(=O)c23)cc1. The molecule has 35 heavy (non-hydrogen) atoms. The number of ether oxygens (including phenoxy) is 1. The van der Waals surface area contributed by atoms with E-state index in [1.54, 1.807) is 6.07 Å². The Morgan fingerprint density at radius 3 is 2.74 bits per heavy atom. The molecule has 0 unspecified atom stereocenters. The van der Waals surface area contributed by atoms with Crippen LogP contribution in [0.25, 0.3) is 21.3 Å². The van der Waals surface area contributed by atoms with E-state index in [-0.39, 0.29) is 24.1 Å². The molecule has 0 saturated carbocycles. The first-order valence-corrected chi connectivity index (χ1v) is 12.6. The minimum atomic E-state index is -0.158. The maximum Gasteiger partial charge on any atom is 0.260 e. The van der Waals surface area contributed by atoms with Crippen LogP contribution >= 0.6 is 11.3 Å². The third-order valence-electron chi connectivity index (χ3n) is 6.26. The fourth-order valence-electron chi connectivity index (χ4n) is 4.44. The van der Waals surface area contributed by atoms with Gasteiger partial charge in [0.2, 0.25) is 0 Å². The van der Waals surface area contributed by atoms with Crippen molar-refractivity contribution in [2.45, 2.75) is 39.3 Å². The number of carbonyl (C=O) groups excluding carboxylic acids is 1. The Morgan fingerprint density at radius 1 is 1.17 bits per heavy atom. The summed E-state index contributed by atoms with van der Waals surface area (Å²) in [6.45, 7) is 5.61. The molecule has 3 N–H and O–H groups in total. The summed E-state index contributed by atoms with van der Waals surface area (Å²) in [5, 5.41) is 6.85. The Kier molecular flexibility index (Phi) is 6.66. The van der Waals surface area contributed by atoms with Gasteiger partial charge in [0.05, 0.1) is 23.6 Å². The van der Waals surface area contributed by atoms with Crippen molar-refractivity contribution in [2.75, 3.05) is 18.5 Å². The molecule has 1 atom stereocenters. The number of aryl methyl sites for hydroxylation is 2. The van der Waals surface area contributed by atoms with E-state index in [1.165, 1.54) is 16.9 Å². The molecule has 0 spiro atoms. The second-order valence-electron chi connectivity index (χ2n) is 8.84. The summed E-state index contributed by atoms with van der Waals surface area (Å²) in [7, 11) is 0. The van der Waals surface area contributed by atoms with Crippen molar-refractivity contribution in [3.63, 3.8) is 0 Å². The van der Waals surface area contributed by atoms with Gasteiger partial charge in [-0.1, -0.05) is 42.0 Å². The van der Waals surface area contributed by atoms with Crippen molar-refractivity contribution in [1.29, 1.82) is 0 Å². The van der Waals surface area contributed by atoms with Crippen LogP contribution in [0.3, 0.4) is 0 Å². The Hall–Kier alpha value is -3.49. The van der Waals surface area contributed by atoms with Gasteiger partial charge in [-0.25, -0.2) is 4.98 Å². The molecule has 1 aliphatic rings. The molecule has 1 aliphatic heterocycles. The van der Waals surface area contributed by atoms with E-state index in [4.69, 9.17) is 9.72 Å². The number of aromatic amines is 1. The molecule has 2 aromatic carbocycles. The Labute approximate surface area is 207 Å². The highest BCUT2D eigenvalue weighted by molar-refractivity contribution is 7.19. The number of fused-ring (bicyclic) bond motifs is 1. The monoisotopic (exact) mass is 488 g/mol. The molecule has 1 fully saturated rings. The molecule has 3 heterocycles. The summed E-state index contributed by atoms with van der Waals surface area (Å²) in [5.41, 5.74) is 4.19. The topological polar surface area (TPSA) is 96.1 Å². The molecule has 8 heteroatoms. The zero-order valence-corrected chi connectivity index (χ0v) is 20.6. The summed E-state index contributed by atoms with van der Waals surface area (Å²) in [5.74, 6) is 0.367. The standard InChI is InChI=1S/C27H28N4O3S/c1-16-9-11-18(12-10-16)23-17(2)35-27-24(23)26(33)30-22(31-27)15-28-21-8-4-3-7-20(21)25(32)29-14-19-6-5-13-34-19/h3-4,7-12,19,28H,5-6,13-15H2,1-2H3,(H,29,32)(H,30,31,33)/t19-/m1/s1. The molecule has 0 aliphatic carbocycles. The predicted octanol–water partition coefficient (Wildman–Crippen LogP) is 4.79. The highest BCUT2D eigenvalue weighted by Crippen LogP contribution is 2.35.